The molecule has 1 aromatic heterocycles. The summed E-state index contributed by atoms with van der Waals surface area (Å²) in [7, 11) is 0. The Balaban J connectivity index is 1.51. The van der Waals surface area contributed by atoms with Gasteiger partial charge in [-0.3, -0.25) is 14.6 Å². The number of rotatable bonds is 5. The zero-order chi connectivity index (χ0) is 18.4. The summed E-state index contributed by atoms with van der Waals surface area (Å²) in [4.78, 5) is 28.3. The molecule has 1 fully saturated rings. The van der Waals surface area contributed by atoms with Crippen LogP contribution in [-0.4, -0.2) is 42.1 Å². The molecular weight excluding hydrogens is 332 g/mol. The van der Waals surface area contributed by atoms with E-state index in [-0.39, 0.29) is 24.0 Å². The van der Waals surface area contributed by atoms with Crippen molar-refractivity contribution < 1.29 is 14.3 Å². The molecule has 1 aliphatic rings. The van der Waals surface area contributed by atoms with Crippen LogP contribution >= 0.6 is 0 Å². The molecule has 136 valence electrons. The molecule has 0 unspecified atom stereocenters. The lowest BCUT2D eigenvalue weighted by molar-refractivity contribution is -0.129. The van der Waals surface area contributed by atoms with Crippen molar-refractivity contribution in [1.29, 1.82) is 0 Å². The molecule has 7 heteroatoms. The van der Waals surface area contributed by atoms with Crippen molar-refractivity contribution in [1.82, 2.24) is 15.6 Å². The second-order valence-electron chi connectivity index (χ2n) is 6.12. The maximum Gasteiger partial charge on any atom is 0.257 e. The van der Waals surface area contributed by atoms with Gasteiger partial charge in [-0.1, -0.05) is 12.1 Å². The fraction of sp³-hybridized carbons (Fsp3) is 0.316. The van der Waals surface area contributed by atoms with Crippen LogP contribution in [0.1, 0.15) is 22.8 Å². The zero-order valence-electron chi connectivity index (χ0n) is 14.6. The fourth-order valence-electron chi connectivity index (χ4n) is 2.73. The third-order valence-electron chi connectivity index (χ3n) is 4.20. The molecule has 0 aliphatic carbocycles. The Morgan fingerprint density at radius 3 is 2.77 bits per heavy atom. The average Bonchev–Trinajstić information content (AvgIpc) is 2.68. The minimum atomic E-state index is -0.332. The largest absolute Gasteiger partial charge is 0.375 e. The van der Waals surface area contributed by atoms with Gasteiger partial charge in [-0.25, -0.2) is 0 Å². The summed E-state index contributed by atoms with van der Waals surface area (Å²) in [6, 6.07) is 10.4. The van der Waals surface area contributed by atoms with Gasteiger partial charge in [-0.05, 0) is 36.8 Å². The quantitative estimate of drug-likeness (QED) is 0.753. The van der Waals surface area contributed by atoms with Crippen molar-refractivity contribution in [2.45, 2.75) is 25.6 Å². The Morgan fingerprint density at radius 2 is 2.08 bits per heavy atom. The molecule has 0 spiro atoms. The number of morpholine rings is 1. The van der Waals surface area contributed by atoms with Crippen molar-refractivity contribution in [2.24, 2.45) is 0 Å². The number of anilines is 1. The lowest BCUT2D eigenvalue weighted by atomic mass is 10.1. The second-order valence-corrected chi connectivity index (χ2v) is 6.12. The molecule has 3 N–H and O–H groups in total. The number of ether oxygens (including phenoxy) is 1. The molecule has 1 saturated heterocycles. The highest BCUT2D eigenvalue weighted by Crippen LogP contribution is 2.11. The van der Waals surface area contributed by atoms with Crippen LogP contribution in [0.25, 0.3) is 0 Å². The SMILES string of the molecule is C[C@H]1OCCN[C@@H]1C(=O)NCc1ccc(NC(=O)c2cccnc2)cc1. The Morgan fingerprint density at radius 1 is 1.27 bits per heavy atom. The van der Waals surface area contributed by atoms with E-state index in [2.05, 4.69) is 20.9 Å². The molecular formula is C19H22N4O3. The number of nitrogens with zero attached hydrogens (tertiary/aromatic N) is 1. The number of carbonyl (C=O) groups excluding carboxylic acids is 2. The van der Waals surface area contributed by atoms with Gasteiger partial charge in [0, 0.05) is 31.2 Å². The number of aromatic nitrogens is 1. The number of amides is 2. The van der Waals surface area contributed by atoms with E-state index in [0.29, 0.717) is 30.9 Å². The second kappa shape index (κ2) is 8.55. The lowest BCUT2D eigenvalue weighted by Crippen LogP contribution is -2.55. The van der Waals surface area contributed by atoms with Crippen LogP contribution in [-0.2, 0) is 16.1 Å². The molecule has 2 amide bonds. The maximum atomic E-state index is 12.2. The molecule has 26 heavy (non-hydrogen) atoms. The summed E-state index contributed by atoms with van der Waals surface area (Å²) >= 11 is 0. The summed E-state index contributed by atoms with van der Waals surface area (Å²) in [5, 5.41) is 8.88. The third-order valence-corrected chi connectivity index (χ3v) is 4.20. The van der Waals surface area contributed by atoms with Crippen LogP contribution in [0.5, 0.6) is 0 Å². The fourth-order valence-corrected chi connectivity index (χ4v) is 2.73. The van der Waals surface area contributed by atoms with E-state index in [1.807, 2.05) is 19.1 Å². The predicted molar refractivity (Wildman–Crippen MR) is 97.7 cm³/mol. The van der Waals surface area contributed by atoms with E-state index in [1.54, 1.807) is 30.5 Å². The topological polar surface area (TPSA) is 92.4 Å². The smallest absolute Gasteiger partial charge is 0.257 e. The minimum absolute atomic E-state index is 0.0776. The summed E-state index contributed by atoms with van der Waals surface area (Å²) < 4.78 is 5.48. The zero-order valence-corrected chi connectivity index (χ0v) is 14.6. The van der Waals surface area contributed by atoms with E-state index in [1.165, 1.54) is 6.20 Å². The molecule has 2 atom stereocenters. The molecule has 2 aromatic rings. The molecule has 7 nitrogen and oxygen atoms in total. The van der Waals surface area contributed by atoms with E-state index >= 15 is 0 Å². The van der Waals surface area contributed by atoms with Gasteiger partial charge in [-0.15, -0.1) is 0 Å². The van der Waals surface area contributed by atoms with Gasteiger partial charge in [0.25, 0.3) is 5.91 Å². The van der Waals surface area contributed by atoms with E-state index in [9.17, 15) is 9.59 Å². The van der Waals surface area contributed by atoms with Gasteiger partial charge in [0.1, 0.15) is 6.04 Å². The van der Waals surface area contributed by atoms with Crippen molar-refractivity contribution in [3.05, 3.63) is 59.9 Å². The van der Waals surface area contributed by atoms with Gasteiger partial charge < -0.3 is 20.7 Å². The van der Waals surface area contributed by atoms with E-state index in [0.717, 1.165) is 5.56 Å². The molecule has 0 radical (unpaired) electrons. The maximum absolute atomic E-state index is 12.2. The van der Waals surface area contributed by atoms with Crippen molar-refractivity contribution in [3.63, 3.8) is 0 Å². The van der Waals surface area contributed by atoms with E-state index < -0.39 is 0 Å². The van der Waals surface area contributed by atoms with Gasteiger partial charge >= 0.3 is 0 Å². The predicted octanol–water partition coefficient (Wildman–Crippen LogP) is 1.33. The van der Waals surface area contributed by atoms with Gasteiger partial charge in [0.05, 0.1) is 18.3 Å². The number of carbonyl (C=O) groups is 2. The number of benzene rings is 1. The van der Waals surface area contributed by atoms with Crippen LogP contribution in [0, 0.1) is 0 Å². The average molecular weight is 354 g/mol. The standard InChI is InChI=1S/C19H22N4O3/c1-13-17(21-9-10-26-13)19(25)22-11-14-4-6-16(7-5-14)23-18(24)15-3-2-8-20-12-15/h2-8,12-13,17,21H,9-11H2,1H3,(H,22,25)(H,23,24)/t13-,17+/m1/s1. The number of nitrogens with one attached hydrogen (secondary N) is 3. The Kier molecular flexibility index (Phi) is 5.93. The first-order chi connectivity index (χ1) is 12.6. The molecule has 1 aromatic carbocycles. The summed E-state index contributed by atoms with van der Waals surface area (Å²) in [5.74, 6) is -0.289. The Hall–Kier alpha value is -2.77. The monoisotopic (exact) mass is 354 g/mol. The summed E-state index contributed by atoms with van der Waals surface area (Å²) in [5.41, 5.74) is 2.13. The minimum Gasteiger partial charge on any atom is -0.375 e. The number of pyridine rings is 1. The Bertz CT molecular complexity index is 749. The van der Waals surface area contributed by atoms with Crippen LogP contribution in [0.4, 0.5) is 5.69 Å². The van der Waals surface area contributed by atoms with Crippen molar-refractivity contribution in [3.8, 4) is 0 Å². The molecule has 0 bridgehead atoms. The molecule has 3 rings (SSSR count). The van der Waals surface area contributed by atoms with Crippen molar-refractivity contribution in [2.75, 3.05) is 18.5 Å². The first-order valence-electron chi connectivity index (χ1n) is 8.56. The van der Waals surface area contributed by atoms with Crippen molar-refractivity contribution >= 4 is 17.5 Å². The highest BCUT2D eigenvalue weighted by molar-refractivity contribution is 6.04. The summed E-state index contributed by atoms with van der Waals surface area (Å²) in [6.07, 6.45) is 2.99. The van der Waals surface area contributed by atoms with E-state index in [4.69, 9.17) is 4.74 Å². The lowest BCUT2D eigenvalue weighted by Gasteiger charge is -2.29. The molecule has 2 heterocycles. The number of hydrogen-bond donors (Lipinski definition) is 3. The molecule has 1 aliphatic heterocycles. The first-order valence-corrected chi connectivity index (χ1v) is 8.56. The highest BCUT2D eigenvalue weighted by Gasteiger charge is 2.27. The van der Waals surface area contributed by atoms with Crippen LogP contribution < -0.4 is 16.0 Å². The number of hydrogen-bond acceptors (Lipinski definition) is 5. The Labute approximate surface area is 152 Å². The van der Waals surface area contributed by atoms with Gasteiger partial charge in [-0.2, -0.15) is 0 Å². The highest BCUT2D eigenvalue weighted by atomic mass is 16.5. The van der Waals surface area contributed by atoms with Crippen LogP contribution in [0.3, 0.4) is 0 Å². The van der Waals surface area contributed by atoms with Crippen LogP contribution in [0.15, 0.2) is 48.8 Å². The van der Waals surface area contributed by atoms with Gasteiger partial charge in [0.15, 0.2) is 0 Å². The first kappa shape index (κ1) is 18.0. The van der Waals surface area contributed by atoms with Gasteiger partial charge in [0.2, 0.25) is 5.91 Å². The summed E-state index contributed by atoms with van der Waals surface area (Å²) in [6.45, 7) is 3.60. The molecule has 0 saturated carbocycles. The van der Waals surface area contributed by atoms with Crippen LogP contribution in [0.2, 0.25) is 0 Å². The third kappa shape index (κ3) is 4.65. The normalized spacial score (nSPS) is 19.6.